The molecule has 2 aromatic heterocycles. The Morgan fingerprint density at radius 1 is 1.25 bits per heavy atom. The third-order valence-electron chi connectivity index (χ3n) is 3.37. The van der Waals surface area contributed by atoms with Crippen LogP contribution in [0.15, 0.2) is 56.7 Å². The summed E-state index contributed by atoms with van der Waals surface area (Å²) in [6.45, 7) is 4.16. The zero-order valence-corrected chi connectivity index (χ0v) is 14.2. The van der Waals surface area contributed by atoms with Crippen molar-refractivity contribution in [3.63, 3.8) is 0 Å². The minimum absolute atomic E-state index is 0.119. The molecule has 0 radical (unpaired) electrons. The molecule has 0 spiro atoms. The Balaban J connectivity index is 1.57. The first-order valence-electron chi connectivity index (χ1n) is 7.49. The lowest BCUT2D eigenvalue weighted by molar-refractivity contribution is -0.120. The first kappa shape index (κ1) is 16.3. The minimum Gasteiger partial charge on any atom is -0.467 e. The van der Waals surface area contributed by atoms with E-state index in [9.17, 15) is 4.79 Å². The molecule has 0 saturated heterocycles. The van der Waals surface area contributed by atoms with Gasteiger partial charge < -0.3 is 14.2 Å². The lowest BCUT2D eigenvalue weighted by Gasteiger charge is -2.08. The van der Waals surface area contributed by atoms with Crippen LogP contribution in [-0.4, -0.2) is 21.4 Å². The fourth-order valence-corrected chi connectivity index (χ4v) is 2.71. The average Bonchev–Trinajstić information content (AvgIpc) is 3.25. The molecule has 0 fully saturated rings. The summed E-state index contributed by atoms with van der Waals surface area (Å²) in [6.07, 6.45) is 1.57. The van der Waals surface area contributed by atoms with Gasteiger partial charge >= 0.3 is 0 Å². The zero-order chi connectivity index (χ0) is 16.9. The van der Waals surface area contributed by atoms with Gasteiger partial charge in [0.1, 0.15) is 5.76 Å². The number of benzene rings is 1. The Bertz CT molecular complexity index is 797. The summed E-state index contributed by atoms with van der Waals surface area (Å²) < 4.78 is 10.8. The molecule has 1 aromatic carbocycles. The Hall–Kier alpha value is -2.54. The van der Waals surface area contributed by atoms with Gasteiger partial charge in [-0.15, -0.1) is 10.2 Å². The Labute approximate surface area is 143 Å². The topological polar surface area (TPSA) is 81.2 Å². The summed E-state index contributed by atoms with van der Waals surface area (Å²) in [6, 6.07) is 11.4. The maximum atomic E-state index is 12.1. The second-order valence-electron chi connectivity index (χ2n) is 5.30. The van der Waals surface area contributed by atoms with Crippen molar-refractivity contribution in [2.24, 2.45) is 0 Å². The molecule has 2 heterocycles. The molecule has 1 atom stereocenters. The Morgan fingerprint density at radius 3 is 2.75 bits per heavy atom. The van der Waals surface area contributed by atoms with E-state index in [2.05, 4.69) is 15.5 Å². The predicted octanol–water partition coefficient (Wildman–Crippen LogP) is 3.44. The lowest BCUT2D eigenvalue weighted by atomic mass is 10.1. The van der Waals surface area contributed by atoms with Crippen molar-refractivity contribution in [3.8, 4) is 11.5 Å². The van der Waals surface area contributed by atoms with Crippen LogP contribution in [0.4, 0.5) is 0 Å². The highest BCUT2D eigenvalue weighted by molar-refractivity contribution is 8.00. The van der Waals surface area contributed by atoms with Crippen molar-refractivity contribution in [1.29, 1.82) is 0 Å². The van der Waals surface area contributed by atoms with Crippen LogP contribution in [0.2, 0.25) is 0 Å². The summed E-state index contributed by atoms with van der Waals surface area (Å²) >= 11 is 1.22. The van der Waals surface area contributed by atoms with Crippen molar-refractivity contribution < 1.29 is 13.6 Å². The summed E-state index contributed by atoms with van der Waals surface area (Å²) in [5.74, 6) is 1.03. The van der Waals surface area contributed by atoms with Crippen molar-refractivity contribution in [2.75, 3.05) is 0 Å². The van der Waals surface area contributed by atoms with E-state index < -0.39 is 0 Å². The minimum atomic E-state index is -0.355. The molecule has 1 N–H and O–H groups in total. The first-order chi connectivity index (χ1) is 11.6. The van der Waals surface area contributed by atoms with Gasteiger partial charge in [-0.05, 0) is 38.1 Å². The van der Waals surface area contributed by atoms with E-state index in [-0.39, 0.29) is 11.2 Å². The molecule has 3 aromatic rings. The van der Waals surface area contributed by atoms with Gasteiger partial charge in [-0.3, -0.25) is 4.79 Å². The van der Waals surface area contributed by atoms with Crippen molar-refractivity contribution >= 4 is 17.7 Å². The van der Waals surface area contributed by atoms with Gasteiger partial charge in [0, 0.05) is 5.56 Å². The number of carbonyl (C=O) groups excluding carboxylic acids is 1. The molecule has 0 aliphatic carbocycles. The van der Waals surface area contributed by atoms with E-state index in [1.807, 2.05) is 37.3 Å². The zero-order valence-electron chi connectivity index (χ0n) is 13.4. The number of nitrogens with one attached hydrogen (secondary N) is 1. The summed E-state index contributed by atoms with van der Waals surface area (Å²) in [7, 11) is 0. The van der Waals surface area contributed by atoms with Crippen LogP contribution in [0.1, 0.15) is 18.2 Å². The lowest BCUT2D eigenvalue weighted by Crippen LogP contribution is -2.30. The molecule has 0 aliphatic rings. The molecule has 0 bridgehead atoms. The van der Waals surface area contributed by atoms with Gasteiger partial charge in [-0.25, -0.2) is 0 Å². The van der Waals surface area contributed by atoms with E-state index in [0.29, 0.717) is 23.4 Å². The van der Waals surface area contributed by atoms with Crippen LogP contribution in [0, 0.1) is 6.92 Å². The highest BCUT2D eigenvalue weighted by Gasteiger charge is 2.18. The summed E-state index contributed by atoms with van der Waals surface area (Å²) in [5.41, 5.74) is 2.02. The van der Waals surface area contributed by atoms with E-state index in [1.54, 1.807) is 19.3 Å². The molecule has 6 nitrogen and oxygen atoms in total. The fraction of sp³-hybridized carbons (Fsp3) is 0.235. The molecule has 1 amide bonds. The molecule has 7 heteroatoms. The number of nitrogens with zero attached hydrogens (tertiary/aromatic N) is 2. The quantitative estimate of drug-likeness (QED) is 0.691. The highest BCUT2D eigenvalue weighted by Crippen LogP contribution is 2.26. The third kappa shape index (κ3) is 4.05. The van der Waals surface area contributed by atoms with Crippen LogP contribution in [0.3, 0.4) is 0 Å². The number of hydrogen-bond donors (Lipinski definition) is 1. The number of aryl methyl sites for hydroxylation is 1. The Kier molecular flexibility index (Phi) is 5.00. The van der Waals surface area contributed by atoms with Gasteiger partial charge in [0.15, 0.2) is 0 Å². The Morgan fingerprint density at radius 2 is 2.04 bits per heavy atom. The fourth-order valence-electron chi connectivity index (χ4n) is 2.01. The van der Waals surface area contributed by atoms with Gasteiger partial charge in [0.05, 0.1) is 18.1 Å². The van der Waals surface area contributed by atoms with Crippen molar-refractivity contribution in [3.05, 3.63) is 54.0 Å². The molecular weight excluding hydrogens is 326 g/mol. The van der Waals surface area contributed by atoms with Crippen LogP contribution >= 0.6 is 11.8 Å². The number of carbonyl (C=O) groups is 1. The monoisotopic (exact) mass is 343 g/mol. The van der Waals surface area contributed by atoms with Crippen LogP contribution in [-0.2, 0) is 11.3 Å². The maximum Gasteiger partial charge on any atom is 0.277 e. The van der Waals surface area contributed by atoms with Gasteiger partial charge in [0.2, 0.25) is 11.8 Å². The maximum absolute atomic E-state index is 12.1. The number of rotatable bonds is 6. The number of hydrogen-bond acceptors (Lipinski definition) is 6. The highest BCUT2D eigenvalue weighted by atomic mass is 32.2. The number of furan rings is 1. The second kappa shape index (κ2) is 7.35. The van der Waals surface area contributed by atoms with Gasteiger partial charge in [0.25, 0.3) is 5.22 Å². The smallest absolute Gasteiger partial charge is 0.277 e. The molecule has 3 rings (SSSR count). The molecule has 0 aliphatic heterocycles. The molecule has 124 valence electrons. The van der Waals surface area contributed by atoms with E-state index in [1.165, 1.54) is 11.8 Å². The summed E-state index contributed by atoms with van der Waals surface area (Å²) in [4.78, 5) is 12.1. The summed E-state index contributed by atoms with van der Waals surface area (Å²) in [5, 5.41) is 10.8. The average molecular weight is 343 g/mol. The van der Waals surface area contributed by atoms with Crippen LogP contribution in [0.25, 0.3) is 11.5 Å². The molecular formula is C17H17N3O3S. The van der Waals surface area contributed by atoms with Crippen molar-refractivity contribution in [2.45, 2.75) is 30.9 Å². The van der Waals surface area contributed by atoms with E-state index in [4.69, 9.17) is 8.83 Å². The molecule has 1 unspecified atom stereocenters. The number of thioether (sulfide) groups is 1. The normalized spacial score (nSPS) is 12.1. The first-order valence-corrected chi connectivity index (χ1v) is 8.37. The molecule has 24 heavy (non-hydrogen) atoms. The number of amides is 1. The van der Waals surface area contributed by atoms with Crippen LogP contribution < -0.4 is 5.32 Å². The van der Waals surface area contributed by atoms with Gasteiger partial charge in [-0.1, -0.05) is 29.5 Å². The standard InChI is InChI=1S/C17H17N3O3S/c1-11-5-7-13(8-6-11)16-19-20-17(23-16)24-12(2)15(21)18-10-14-4-3-9-22-14/h3-9,12H,10H2,1-2H3,(H,18,21). The van der Waals surface area contributed by atoms with E-state index >= 15 is 0 Å². The van der Waals surface area contributed by atoms with Crippen LogP contribution in [0.5, 0.6) is 0 Å². The molecule has 0 saturated carbocycles. The number of aromatic nitrogens is 2. The van der Waals surface area contributed by atoms with E-state index in [0.717, 1.165) is 11.1 Å². The third-order valence-corrected chi connectivity index (χ3v) is 4.30. The SMILES string of the molecule is Cc1ccc(-c2nnc(SC(C)C(=O)NCc3ccco3)o2)cc1. The second-order valence-corrected chi connectivity index (χ2v) is 6.59. The predicted molar refractivity (Wildman–Crippen MR) is 90.3 cm³/mol. The largest absolute Gasteiger partial charge is 0.467 e. The van der Waals surface area contributed by atoms with Crippen molar-refractivity contribution in [1.82, 2.24) is 15.5 Å². The van der Waals surface area contributed by atoms with Gasteiger partial charge in [-0.2, -0.15) is 0 Å².